The minimum absolute atomic E-state index is 0.0103. The van der Waals surface area contributed by atoms with Crippen molar-refractivity contribution >= 4 is 5.65 Å². The Labute approximate surface area is 125 Å². The molecule has 0 atom stereocenters. The second-order valence-electron chi connectivity index (χ2n) is 6.27. The minimum Gasteiger partial charge on any atom is -0.311 e. The van der Waals surface area contributed by atoms with E-state index in [1.807, 2.05) is 18.2 Å². The number of nitrogens with zero attached hydrogens (tertiary/aromatic N) is 2. The standard InChI is InChI=1S/C17H23N3O/c1-13-5-7-14(8-6-13)11-18-12-15-10-17(21)20-9-3-2-4-16(20)19-15/h2-4,9-10,13-14,18H,5-8,11-12H2,1H3. The summed E-state index contributed by atoms with van der Waals surface area (Å²) < 4.78 is 1.58. The molecule has 112 valence electrons. The van der Waals surface area contributed by atoms with Gasteiger partial charge in [0.15, 0.2) is 0 Å². The zero-order chi connectivity index (χ0) is 14.7. The first-order valence-corrected chi connectivity index (χ1v) is 7.90. The van der Waals surface area contributed by atoms with Gasteiger partial charge in [-0.2, -0.15) is 0 Å². The molecular weight excluding hydrogens is 262 g/mol. The Balaban J connectivity index is 1.59. The topological polar surface area (TPSA) is 46.4 Å². The Morgan fingerprint density at radius 3 is 2.90 bits per heavy atom. The lowest BCUT2D eigenvalue weighted by Gasteiger charge is -2.26. The number of aromatic nitrogens is 2. The number of hydrogen-bond acceptors (Lipinski definition) is 3. The van der Waals surface area contributed by atoms with Crippen LogP contribution in [0.3, 0.4) is 0 Å². The fourth-order valence-electron chi connectivity index (χ4n) is 3.13. The van der Waals surface area contributed by atoms with Gasteiger partial charge in [-0.3, -0.25) is 9.20 Å². The summed E-state index contributed by atoms with van der Waals surface area (Å²) in [6.07, 6.45) is 7.10. The molecule has 0 saturated heterocycles. The zero-order valence-corrected chi connectivity index (χ0v) is 12.6. The van der Waals surface area contributed by atoms with Crippen molar-refractivity contribution in [1.29, 1.82) is 0 Å². The molecule has 0 amide bonds. The van der Waals surface area contributed by atoms with Gasteiger partial charge in [-0.1, -0.05) is 25.8 Å². The fraction of sp³-hybridized carbons (Fsp3) is 0.529. The van der Waals surface area contributed by atoms with Gasteiger partial charge in [0.05, 0.1) is 5.69 Å². The van der Waals surface area contributed by atoms with E-state index in [0.717, 1.165) is 24.1 Å². The fourth-order valence-corrected chi connectivity index (χ4v) is 3.13. The lowest BCUT2D eigenvalue weighted by molar-refractivity contribution is 0.281. The largest absolute Gasteiger partial charge is 0.311 e. The van der Waals surface area contributed by atoms with Crippen molar-refractivity contribution in [2.75, 3.05) is 6.54 Å². The van der Waals surface area contributed by atoms with Crippen LogP contribution < -0.4 is 10.9 Å². The van der Waals surface area contributed by atoms with Gasteiger partial charge in [-0.25, -0.2) is 4.98 Å². The van der Waals surface area contributed by atoms with E-state index in [4.69, 9.17) is 0 Å². The van der Waals surface area contributed by atoms with Crippen molar-refractivity contribution in [1.82, 2.24) is 14.7 Å². The first kappa shape index (κ1) is 14.3. The van der Waals surface area contributed by atoms with Crippen LogP contribution in [0.2, 0.25) is 0 Å². The lowest BCUT2D eigenvalue weighted by Crippen LogP contribution is -2.27. The Kier molecular flexibility index (Phi) is 4.34. The Morgan fingerprint density at radius 1 is 1.29 bits per heavy atom. The van der Waals surface area contributed by atoms with Gasteiger partial charge in [-0.15, -0.1) is 0 Å². The summed E-state index contributed by atoms with van der Waals surface area (Å²) in [6, 6.07) is 7.25. The van der Waals surface area contributed by atoms with E-state index in [1.165, 1.54) is 25.7 Å². The SMILES string of the molecule is CC1CCC(CNCc2cc(=O)n3ccccc3n2)CC1. The Hall–Kier alpha value is -1.68. The molecule has 1 saturated carbocycles. The second-order valence-corrected chi connectivity index (χ2v) is 6.27. The lowest BCUT2D eigenvalue weighted by atomic mass is 9.83. The molecule has 4 heteroatoms. The van der Waals surface area contributed by atoms with Crippen LogP contribution in [0.5, 0.6) is 0 Å². The number of rotatable bonds is 4. The van der Waals surface area contributed by atoms with Crippen molar-refractivity contribution < 1.29 is 0 Å². The molecule has 0 bridgehead atoms. The number of pyridine rings is 1. The monoisotopic (exact) mass is 285 g/mol. The van der Waals surface area contributed by atoms with Crippen LogP contribution in [0, 0.1) is 11.8 Å². The van der Waals surface area contributed by atoms with Gasteiger partial charge >= 0.3 is 0 Å². The smallest absolute Gasteiger partial charge is 0.258 e. The van der Waals surface area contributed by atoms with Crippen molar-refractivity contribution in [3.63, 3.8) is 0 Å². The number of hydrogen-bond donors (Lipinski definition) is 1. The van der Waals surface area contributed by atoms with E-state index in [1.54, 1.807) is 16.7 Å². The van der Waals surface area contributed by atoms with Crippen LogP contribution in [0.4, 0.5) is 0 Å². The maximum atomic E-state index is 12.0. The summed E-state index contributed by atoms with van der Waals surface area (Å²) in [4.78, 5) is 16.5. The van der Waals surface area contributed by atoms with Gasteiger partial charge in [0.1, 0.15) is 5.65 Å². The van der Waals surface area contributed by atoms with E-state index >= 15 is 0 Å². The summed E-state index contributed by atoms with van der Waals surface area (Å²) >= 11 is 0. The second kappa shape index (κ2) is 6.39. The van der Waals surface area contributed by atoms with Crippen LogP contribution >= 0.6 is 0 Å². The number of nitrogens with one attached hydrogen (secondary N) is 1. The van der Waals surface area contributed by atoms with Crippen LogP contribution in [0.15, 0.2) is 35.3 Å². The zero-order valence-electron chi connectivity index (χ0n) is 12.6. The van der Waals surface area contributed by atoms with Gasteiger partial charge in [-0.05, 0) is 43.4 Å². The summed E-state index contributed by atoms with van der Waals surface area (Å²) in [5, 5.41) is 3.47. The number of fused-ring (bicyclic) bond motifs is 1. The first-order chi connectivity index (χ1) is 10.2. The van der Waals surface area contributed by atoms with Gasteiger partial charge in [0.2, 0.25) is 0 Å². The van der Waals surface area contributed by atoms with E-state index < -0.39 is 0 Å². The predicted octanol–water partition coefficient (Wildman–Crippen LogP) is 2.61. The highest BCUT2D eigenvalue weighted by molar-refractivity contribution is 5.37. The average Bonchev–Trinajstić information content (AvgIpc) is 2.49. The summed E-state index contributed by atoms with van der Waals surface area (Å²) in [5.74, 6) is 1.67. The van der Waals surface area contributed by atoms with Crippen molar-refractivity contribution in [3.05, 3.63) is 46.5 Å². The third-order valence-corrected chi connectivity index (χ3v) is 4.50. The molecule has 4 nitrogen and oxygen atoms in total. The van der Waals surface area contributed by atoms with Crippen molar-refractivity contribution in [3.8, 4) is 0 Å². The van der Waals surface area contributed by atoms with Gasteiger partial charge < -0.3 is 5.32 Å². The molecule has 1 fully saturated rings. The van der Waals surface area contributed by atoms with Gasteiger partial charge in [0, 0.05) is 18.8 Å². The molecule has 21 heavy (non-hydrogen) atoms. The molecule has 0 spiro atoms. The third-order valence-electron chi connectivity index (χ3n) is 4.50. The average molecular weight is 285 g/mol. The highest BCUT2D eigenvalue weighted by Crippen LogP contribution is 2.27. The normalized spacial score (nSPS) is 22.5. The molecule has 1 aliphatic carbocycles. The van der Waals surface area contributed by atoms with Crippen molar-refractivity contribution in [2.45, 2.75) is 39.2 Å². The van der Waals surface area contributed by atoms with E-state index in [-0.39, 0.29) is 5.56 Å². The molecule has 2 heterocycles. The molecule has 0 unspecified atom stereocenters. The molecule has 2 aromatic heterocycles. The van der Waals surface area contributed by atoms with Gasteiger partial charge in [0.25, 0.3) is 5.56 Å². The van der Waals surface area contributed by atoms with E-state index in [9.17, 15) is 4.79 Å². The molecule has 0 aromatic carbocycles. The molecular formula is C17H23N3O. The molecule has 3 rings (SSSR count). The minimum atomic E-state index is -0.0103. The highest BCUT2D eigenvalue weighted by Gasteiger charge is 2.17. The summed E-state index contributed by atoms with van der Waals surface area (Å²) in [5.41, 5.74) is 1.53. The quantitative estimate of drug-likeness (QED) is 0.939. The van der Waals surface area contributed by atoms with Crippen LogP contribution in [-0.4, -0.2) is 15.9 Å². The summed E-state index contributed by atoms with van der Waals surface area (Å²) in [6.45, 7) is 4.05. The molecule has 2 aromatic rings. The molecule has 1 N–H and O–H groups in total. The molecule has 1 aliphatic rings. The van der Waals surface area contributed by atoms with E-state index in [0.29, 0.717) is 12.2 Å². The van der Waals surface area contributed by atoms with Crippen molar-refractivity contribution in [2.24, 2.45) is 11.8 Å². The molecule has 0 aliphatic heterocycles. The first-order valence-electron chi connectivity index (χ1n) is 7.90. The maximum absolute atomic E-state index is 12.0. The maximum Gasteiger partial charge on any atom is 0.258 e. The molecule has 0 radical (unpaired) electrons. The third kappa shape index (κ3) is 3.50. The predicted molar refractivity (Wildman–Crippen MR) is 84.3 cm³/mol. The Bertz CT molecular complexity index is 656. The summed E-state index contributed by atoms with van der Waals surface area (Å²) in [7, 11) is 0. The van der Waals surface area contributed by atoms with Crippen LogP contribution in [-0.2, 0) is 6.54 Å². The highest BCUT2D eigenvalue weighted by atomic mass is 16.1. The Morgan fingerprint density at radius 2 is 2.10 bits per heavy atom. The van der Waals surface area contributed by atoms with Crippen LogP contribution in [0.25, 0.3) is 5.65 Å². The van der Waals surface area contributed by atoms with Crippen LogP contribution in [0.1, 0.15) is 38.3 Å². The van der Waals surface area contributed by atoms with E-state index in [2.05, 4.69) is 17.2 Å².